The molecule has 0 radical (unpaired) electrons. The standard InChI is InChI=1S/C27H22F3N3O5S2/c28-27(29,30)16-8-4-5-9-17(16)33-23(35)20-19(15-6-2-1-3-7-15)22-25(39-21(20)24(33)36)32(26(37)40-22)14-18(34)31-10-12-38-13-11-31/h1-9,19-21H,10-14H2. The smallest absolute Gasteiger partial charge is 0.378 e. The first-order chi connectivity index (χ1) is 19.2. The van der Waals surface area contributed by atoms with Crippen molar-refractivity contribution in [2.45, 2.75) is 28.9 Å². The van der Waals surface area contributed by atoms with E-state index in [1.54, 1.807) is 35.2 Å². The van der Waals surface area contributed by atoms with Gasteiger partial charge in [-0.15, -0.1) is 0 Å². The fraction of sp³-hybridized carbons (Fsp3) is 0.333. The minimum atomic E-state index is -4.78. The highest BCUT2D eigenvalue weighted by Crippen LogP contribution is 2.54. The van der Waals surface area contributed by atoms with Crippen LogP contribution in [-0.4, -0.2) is 58.7 Å². The van der Waals surface area contributed by atoms with Gasteiger partial charge in [-0.3, -0.25) is 23.7 Å². The molecule has 40 heavy (non-hydrogen) atoms. The number of benzene rings is 2. The van der Waals surface area contributed by atoms with Crippen molar-refractivity contribution in [1.29, 1.82) is 0 Å². The molecule has 3 aliphatic rings. The van der Waals surface area contributed by atoms with Gasteiger partial charge in [-0.25, -0.2) is 4.90 Å². The molecule has 3 amide bonds. The van der Waals surface area contributed by atoms with E-state index in [1.165, 1.54) is 16.7 Å². The number of rotatable bonds is 4. The molecule has 1 aromatic heterocycles. The molecule has 3 atom stereocenters. The topological polar surface area (TPSA) is 88.9 Å². The number of hydrogen-bond donors (Lipinski definition) is 0. The van der Waals surface area contributed by atoms with E-state index in [1.807, 2.05) is 0 Å². The number of aromatic nitrogens is 1. The van der Waals surface area contributed by atoms with Crippen LogP contribution in [0.25, 0.3) is 0 Å². The summed E-state index contributed by atoms with van der Waals surface area (Å²) >= 11 is 1.86. The Bertz CT molecular complexity index is 1550. The summed E-state index contributed by atoms with van der Waals surface area (Å²) in [6.45, 7) is 1.32. The second kappa shape index (κ2) is 10.2. The number of alkyl halides is 3. The van der Waals surface area contributed by atoms with Crippen LogP contribution in [0.2, 0.25) is 0 Å². The van der Waals surface area contributed by atoms with Crippen LogP contribution in [-0.2, 0) is 31.8 Å². The van der Waals surface area contributed by atoms with E-state index < -0.39 is 51.2 Å². The Morgan fingerprint density at radius 1 is 0.950 bits per heavy atom. The summed E-state index contributed by atoms with van der Waals surface area (Å²) in [6, 6.07) is 13.3. The minimum Gasteiger partial charge on any atom is -0.378 e. The number of fused-ring (bicyclic) bond motifs is 2. The number of amides is 3. The van der Waals surface area contributed by atoms with Crippen molar-refractivity contribution in [2.75, 3.05) is 31.2 Å². The van der Waals surface area contributed by atoms with Crippen LogP contribution in [0.5, 0.6) is 0 Å². The number of hydrogen-bond acceptors (Lipinski definition) is 7. The van der Waals surface area contributed by atoms with E-state index in [-0.39, 0.29) is 12.5 Å². The van der Waals surface area contributed by atoms with Crippen molar-refractivity contribution in [3.63, 3.8) is 0 Å². The third-order valence-corrected chi connectivity index (χ3v) is 9.92. The molecule has 3 aromatic rings. The number of ether oxygens (including phenoxy) is 1. The lowest BCUT2D eigenvalue weighted by atomic mass is 9.83. The van der Waals surface area contributed by atoms with E-state index in [9.17, 15) is 32.3 Å². The Kier molecular flexibility index (Phi) is 6.83. The molecule has 8 nitrogen and oxygen atoms in total. The quantitative estimate of drug-likeness (QED) is 0.433. The summed E-state index contributed by atoms with van der Waals surface area (Å²) < 4.78 is 48.2. The number of thiazole rings is 1. The minimum absolute atomic E-state index is 0.251. The predicted octanol–water partition coefficient (Wildman–Crippen LogP) is 3.58. The molecule has 208 valence electrons. The highest BCUT2D eigenvalue weighted by Gasteiger charge is 2.57. The van der Waals surface area contributed by atoms with Gasteiger partial charge in [0.1, 0.15) is 11.8 Å². The Labute approximate surface area is 234 Å². The Balaban J connectivity index is 1.44. The fourth-order valence-electron chi connectivity index (χ4n) is 5.47. The monoisotopic (exact) mass is 589 g/mol. The fourth-order valence-corrected chi connectivity index (χ4v) is 8.24. The summed E-state index contributed by atoms with van der Waals surface area (Å²) in [5.74, 6) is -3.60. The van der Waals surface area contributed by atoms with Crippen molar-refractivity contribution in [3.05, 3.63) is 80.3 Å². The van der Waals surface area contributed by atoms with Crippen LogP contribution in [0.15, 0.2) is 64.4 Å². The third kappa shape index (κ3) is 4.45. The number of nitrogens with zero attached hydrogens (tertiary/aromatic N) is 3. The van der Waals surface area contributed by atoms with Crippen molar-refractivity contribution in [2.24, 2.45) is 5.92 Å². The third-order valence-electron chi connectivity index (χ3n) is 7.32. The van der Waals surface area contributed by atoms with Crippen molar-refractivity contribution < 1.29 is 32.3 Å². The van der Waals surface area contributed by atoms with Gasteiger partial charge in [0.25, 0.3) is 0 Å². The van der Waals surface area contributed by atoms with E-state index in [2.05, 4.69) is 0 Å². The van der Waals surface area contributed by atoms with Crippen LogP contribution in [0, 0.1) is 5.92 Å². The molecule has 3 aliphatic heterocycles. The summed E-state index contributed by atoms with van der Waals surface area (Å²) in [5, 5.41) is -0.691. The lowest BCUT2D eigenvalue weighted by molar-refractivity contribution is -0.137. The lowest BCUT2D eigenvalue weighted by Crippen LogP contribution is -2.43. The molecule has 4 heterocycles. The molecular formula is C27H22F3N3O5S2. The summed E-state index contributed by atoms with van der Waals surface area (Å²) in [5.41, 5.74) is -0.950. The molecule has 2 saturated heterocycles. The van der Waals surface area contributed by atoms with Gasteiger partial charge in [0.15, 0.2) is 0 Å². The normalized spacial score (nSPS) is 22.8. The van der Waals surface area contributed by atoms with Crippen LogP contribution in [0.4, 0.5) is 18.9 Å². The average Bonchev–Trinajstić information content (AvgIpc) is 3.39. The number of thioether (sulfide) groups is 1. The van der Waals surface area contributed by atoms with Crippen molar-refractivity contribution >= 4 is 46.5 Å². The Morgan fingerprint density at radius 3 is 2.33 bits per heavy atom. The molecular weight excluding hydrogens is 567 g/mol. The van der Waals surface area contributed by atoms with Gasteiger partial charge < -0.3 is 9.64 Å². The lowest BCUT2D eigenvalue weighted by Gasteiger charge is -2.31. The number of carbonyl (C=O) groups is 3. The Hall–Kier alpha value is -3.42. The highest BCUT2D eigenvalue weighted by molar-refractivity contribution is 8.00. The number of anilines is 1. The first kappa shape index (κ1) is 26.8. The van der Waals surface area contributed by atoms with E-state index in [0.29, 0.717) is 46.7 Å². The van der Waals surface area contributed by atoms with E-state index in [0.717, 1.165) is 35.2 Å². The number of para-hydroxylation sites is 1. The van der Waals surface area contributed by atoms with Gasteiger partial charge in [-0.2, -0.15) is 13.2 Å². The van der Waals surface area contributed by atoms with Crippen molar-refractivity contribution in [3.8, 4) is 0 Å². The van der Waals surface area contributed by atoms with Gasteiger partial charge in [0.05, 0.1) is 35.4 Å². The van der Waals surface area contributed by atoms with Crippen LogP contribution in [0.3, 0.4) is 0 Å². The maximum atomic E-state index is 13.9. The molecule has 0 saturated carbocycles. The second-order valence-electron chi connectivity index (χ2n) is 9.60. The zero-order chi connectivity index (χ0) is 28.2. The maximum Gasteiger partial charge on any atom is 0.418 e. The molecule has 6 rings (SSSR count). The van der Waals surface area contributed by atoms with E-state index >= 15 is 0 Å². The predicted molar refractivity (Wildman–Crippen MR) is 141 cm³/mol. The van der Waals surface area contributed by atoms with Crippen LogP contribution in [0.1, 0.15) is 21.9 Å². The van der Waals surface area contributed by atoms with Gasteiger partial charge in [-0.05, 0) is 17.7 Å². The molecule has 0 spiro atoms. The first-order valence-electron chi connectivity index (χ1n) is 12.5. The number of imide groups is 1. The summed E-state index contributed by atoms with van der Waals surface area (Å²) in [4.78, 5) is 56.2. The number of morpholine rings is 1. The van der Waals surface area contributed by atoms with Crippen LogP contribution >= 0.6 is 23.1 Å². The molecule has 2 fully saturated rings. The molecule has 13 heteroatoms. The molecule has 2 aromatic carbocycles. The number of carbonyl (C=O) groups excluding carboxylic acids is 3. The zero-order valence-electron chi connectivity index (χ0n) is 20.8. The SMILES string of the molecule is O=C(Cn1c2c(sc1=O)C(c1ccccc1)C1C(=O)N(c3ccccc3C(F)(F)F)C(=O)C1S2)N1CCOCC1. The molecule has 3 unspecified atom stereocenters. The molecule has 0 aliphatic carbocycles. The maximum absolute atomic E-state index is 13.9. The zero-order valence-corrected chi connectivity index (χ0v) is 22.4. The largest absolute Gasteiger partial charge is 0.418 e. The van der Waals surface area contributed by atoms with Gasteiger partial charge in [-0.1, -0.05) is 65.6 Å². The average molecular weight is 590 g/mol. The summed E-state index contributed by atoms with van der Waals surface area (Å²) in [6.07, 6.45) is -4.78. The van der Waals surface area contributed by atoms with Crippen LogP contribution < -0.4 is 9.77 Å². The highest BCUT2D eigenvalue weighted by atomic mass is 32.2. The molecule has 0 N–H and O–H groups in total. The van der Waals surface area contributed by atoms with Crippen molar-refractivity contribution in [1.82, 2.24) is 9.47 Å². The Morgan fingerprint density at radius 2 is 1.62 bits per heavy atom. The van der Waals surface area contributed by atoms with E-state index in [4.69, 9.17) is 4.74 Å². The second-order valence-corrected chi connectivity index (χ2v) is 11.7. The molecule has 0 bridgehead atoms. The summed E-state index contributed by atoms with van der Waals surface area (Å²) in [7, 11) is 0. The van der Waals surface area contributed by atoms with Gasteiger partial charge >= 0.3 is 11.0 Å². The first-order valence-corrected chi connectivity index (χ1v) is 14.2. The van der Waals surface area contributed by atoms with Gasteiger partial charge in [0.2, 0.25) is 17.7 Å². The number of halogens is 3. The van der Waals surface area contributed by atoms with Gasteiger partial charge in [0, 0.05) is 23.9 Å².